The number of nitrogens with zero attached hydrogens (tertiary/aromatic N) is 5. The molecule has 17 heteroatoms. The van der Waals surface area contributed by atoms with Gasteiger partial charge in [-0.2, -0.15) is 0 Å². The summed E-state index contributed by atoms with van der Waals surface area (Å²) in [6.07, 6.45) is 7.38. The molecule has 2 saturated heterocycles. The third-order valence-corrected chi connectivity index (χ3v) is 13.1. The van der Waals surface area contributed by atoms with E-state index in [0.29, 0.717) is 33.5 Å². The maximum Gasteiger partial charge on any atom is 0.222 e. The maximum atomic E-state index is 11.7. The number of likely N-dealkylation sites (tertiary alicyclic amines) is 1. The number of anilines is 2. The van der Waals surface area contributed by atoms with E-state index in [0.717, 1.165) is 105 Å². The van der Waals surface area contributed by atoms with Crippen molar-refractivity contribution in [1.82, 2.24) is 30.2 Å². The number of amides is 3. The van der Waals surface area contributed by atoms with Crippen LogP contribution in [0.2, 0.25) is 10.0 Å². The molecule has 0 saturated carbocycles. The van der Waals surface area contributed by atoms with Crippen molar-refractivity contribution in [2.45, 2.75) is 58.3 Å². The van der Waals surface area contributed by atoms with Crippen molar-refractivity contribution in [3.63, 3.8) is 0 Å². The molecular formula is C44H46Cl4N8O3S2. The molecule has 0 unspecified atom stereocenters. The van der Waals surface area contributed by atoms with Crippen LogP contribution in [0.1, 0.15) is 68.3 Å². The molecule has 4 aromatic heterocycles. The Balaban J connectivity index is 0.000000225. The van der Waals surface area contributed by atoms with Crippen LogP contribution >= 0.6 is 70.7 Å². The quantitative estimate of drug-likeness (QED) is 0.137. The number of carbonyl (C=O) groups is 3. The Kier molecular flexibility index (Phi) is 17.2. The average Bonchev–Trinajstić information content (AvgIpc) is 3.88. The molecule has 0 radical (unpaired) electrons. The van der Waals surface area contributed by atoms with Crippen molar-refractivity contribution in [3.05, 3.63) is 105 Å². The molecule has 3 N–H and O–H groups in total. The van der Waals surface area contributed by atoms with Crippen LogP contribution in [0.4, 0.5) is 11.6 Å². The number of pyridine rings is 2. The SMILES string of the molecule is CC(=O)Nc1cc(-c2sc(C3CCN(C(C)=O)CC3)nc2-c2cccc(Cl)c2)ccn1.CC(=O)Nc1cc(-c2sc(C3CCNCC3)nc2-c2cccc(Cl)c2)ccn1.Cl.Cl. The van der Waals surface area contributed by atoms with E-state index in [1.165, 1.54) is 13.8 Å². The molecule has 6 aromatic rings. The third kappa shape index (κ3) is 12.3. The Labute approximate surface area is 386 Å². The lowest BCUT2D eigenvalue weighted by Crippen LogP contribution is -2.36. The molecule has 0 bridgehead atoms. The lowest BCUT2D eigenvalue weighted by atomic mass is 9.97. The van der Waals surface area contributed by atoms with Crippen LogP contribution in [0.5, 0.6) is 0 Å². The highest BCUT2D eigenvalue weighted by atomic mass is 35.5. The lowest BCUT2D eigenvalue weighted by Gasteiger charge is -2.30. The van der Waals surface area contributed by atoms with Crippen LogP contribution < -0.4 is 16.0 Å². The molecule has 320 valence electrons. The molecule has 61 heavy (non-hydrogen) atoms. The molecular weight excluding hydrogens is 894 g/mol. The van der Waals surface area contributed by atoms with Crippen molar-refractivity contribution in [2.24, 2.45) is 0 Å². The van der Waals surface area contributed by atoms with E-state index in [1.54, 1.807) is 42.0 Å². The number of rotatable bonds is 8. The van der Waals surface area contributed by atoms with Gasteiger partial charge >= 0.3 is 0 Å². The van der Waals surface area contributed by atoms with Gasteiger partial charge in [-0.25, -0.2) is 19.9 Å². The highest BCUT2D eigenvalue weighted by molar-refractivity contribution is 7.16. The van der Waals surface area contributed by atoms with E-state index >= 15 is 0 Å². The van der Waals surface area contributed by atoms with Crippen molar-refractivity contribution in [2.75, 3.05) is 36.8 Å². The Morgan fingerprint density at radius 2 is 1.08 bits per heavy atom. The highest BCUT2D eigenvalue weighted by Gasteiger charge is 2.27. The number of halogens is 4. The summed E-state index contributed by atoms with van der Waals surface area (Å²) in [7, 11) is 0. The topological polar surface area (TPSA) is 142 Å². The summed E-state index contributed by atoms with van der Waals surface area (Å²) < 4.78 is 0. The van der Waals surface area contributed by atoms with Gasteiger partial charge in [0.15, 0.2) is 0 Å². The molecule has 8 rings (SSSR count). The monoisotopic (exact) mass is 938 g/mol. The minimum Gasteiger partial charge on any atom is -0.343 e. The first-order chi connectivity index (χ1) is 28.5. The van der Waals surface area contributed by atoms with Gasteiger partial charge in [0.1, 0.15) is 11.6 Å². The number of piperidine rings is 2. The summed E-state index contributed by atoms with van der Waals surface area (Å²) in [4.78, 5) is 57.1. The number of nitrogens with one attached hydrogen (secondary N) is 3. The van der Waals surface area contributed by atoms with E-state index < -0.39 is 0 Å². The average molecular weight is 941 g/mol. The van der Waals surface area contributed by atoms with Crippen molar-refractivity contribution in [1.29, 1.82) is 0 Å². The molecule has 11 nitrogen and oxygen atoms in total. The van der Waals surface area contributed by atoms with Crippen LogP contribution in [-0.4, -0.2) is 68.7 Å². The molecule has 0 atom stereocenters. The summed E-state index contributed by atoms with van der Waals surface area (Å²) in [6.45, 7) is 8.11. The van der Waals surface area contributed by atoms with E-state index in [-0.39, 0.29) is 42.5 Å². The van der Waals surface area contributed by atoms with Crippen molar-refractivity contribution in [3.8, 4) is 43.4 Å². The van der Waals surface area contributed by atoms with Gasteiger partial charge in [0.2, 0.25) is 17.7 Å². The normalized spacial score (nSPS) is 14.1. The van der Waals surface area contributed by atoms with Gasteiger partial charge < -0.3 is 20.9 Å². The van der Waals surface area contributed by atoms with Crippen LogP contribution in [0.15, 0.2) is 85.2 Å². The Bertz CT molecular complexity index is 2470. The summed E-state index contributed by atoms with van der Waals surface area (Å²) in [5.41, 5.74) is 5.68. The first-order valence-corrected chi connectivity index (χ1v) is 21.9. The molecule has 2 fully saturated rings. The van der Waals surface area contributed by atoms with Gasteiger partial charge in [-0.15, -0.1) is 47.5 Å². The molecule has 3 amide bonds. The second-order valence-corrected chi connectivity index (χ2v) is 17.4. The Morgan fingerprint density at radius 1 is 0.639 bits per heavy atom. The number of thiazole rings is 2. The summed E-state index contributed by atoms with van der Waals surface area (Å²) in [6, 6.07) is 23.1. The third-order valence-electron chi connectivity index (χ3n) is 10.1. The zero-order valence-corrected chi connectivity index (χ0v) is 38.5. The first-order valence-electron chi connectivity index (χ1n) is 19.5. The van der Waals surface area contributed by atoms with Gasteiger partial charge in [-0.3, -0.25) is 14.4 Å². The summed E-state index contributed by atoms with van der Waals surface area (Å²) >= 11 is 15.9. The molecule has 2 aromatic carbocycles. The first kappa shape index (κ1) is 47.6. The zero-order chi connectivity index (χ0) is 41.5. The van der Waals surface area contributed by atoms with Gasteiger partial charge in [0, 0.05) is 79.3 Å². The largest absolute Gasteiger partial charge is 0.343 e. The minimum absolute atomic E-state index is 0. The van der Waals surface area contributed by atoms with E-state index in [1.807, 2.05) is 77.7 Å². The van der Waals surface area contributed by atoms with Crippen LogP contribution in [-0.2, 0) is 14.4 Å². The van der Waals surface area contributed by atoms with Gasteiger partial charge in [-0.05, 0) is 98.4 Å². The number of hydrogen-bond donors (Lipinski definition) is 3. The van der Waals surface area contributed by atoms with E-state index in [9.17, 15) is 14.4 Å². The molecule has 0 aliphatic carbocycles. The smallest absolute Gasteiger partial charge is 0.222 e. The maximum absolute atomic E-state index is 11.7. The minimum atomic E-state index is -0.165. The molecule has 2 aliphatic rings. The fourth-order valence-electron chi connectivity index (χ4n) is 7.23. The second kappa shape index (κ2) is 22.1. The van der Waals surface area contributed by atoms with E-state index in [4.69, 9.17) is 33.2 Å². The number of hydrogen-bond acceptors (Lipinski definition) is 10. The number of carbonyl (C=O) groups excluding carboxylic acids is 3. The van der Waals surface area contributed by atoms with Gasteiger partial charge in [-0.1, -0.05) is 47.5 Å². The fourth-order valence-corrected chi connectivity index (χ4v) is 10.1. The molecule has 6 heterocycles. The van der Waals surface area contributed by atoms with E-state index in [2.05, 4.69) is 25.9 Å². The second-order valence-electron chi connectivity index (χ2n) is 14.5. The zero-order valence-electron chi connectivity index (χ0n) is 33.7. The molecule has 2 aliphatic heterocycles. The van der Waals surface area contributed by atoms with Crippen molar-refractivity contribution >= 4 is 100 Å². The summed E-state index contributed by atoms with van der Waals surface area (Å²) in [5, 5.41) is 12.5. The van der Waals surface area contributed by atoms with Gasteiger partial charge in [0.05, 0.1) is 31.2 Å². The fraction of sp³-hybridized carbons (Fsp3) is 0.295. The predicted octanol–water partition coefficient (Wildman–Crippen LogP) is 11.0. The van der Waals surface area contributed by atoms with Crippen LogP contribution in [0.3, 0.4) is 0 Å². The van der Waals surface area contributed by atoms with Gasteiger partial charge in [0.25, 0.3) is 0 Å². The Hall–Kier alpha value is -4.47. The summed E-state index contributed by atoms with van der Waals surface area (Å²) in [5.74, 6) is 1.64. The van der Waals surface area contributed by atoms with Crippen LogP contribution in [0, 0.1) is 0 Å². The molecule has 0 spiro atoms. The standard InChI is InChI=1S/C23H23ClN4O2S.C21H21ClN4OS.2ClH/c1-14(29)26-20-13-18(6-9-25-20)22-21(17-4-3-5-19(24)12-17)27-23(31-22)16-7-10-28(11-8-16)15(2)30;1-13(27)25-18-12-16(7-10-24-18)20-19(15-3-2-4-17(22)11-15)26-21(28-20)14-5-8-23-9-6-14;;/h3-6,9,12-13,16H,7-8,10-11H2,1-2H3,(H,25,26,29);2-4,7,10-12,14,23H,5-6,8-9H2,1H3,(H,24,25,27);2*1H. The highest BCUT2D eigenvalue weighted by Crippen LogP contribution is 2.44. The Morgan fingerprint density at radius 3 is 1.49 bits per heavy atom. The number of aromatic nitrogens is 4. The number of benzene rings is 2. The van der Waals surface area contributed by atoms with Crippen LogP contribution in [0.25, 0.3) is 43.4 Å². The van der Waals surface area contributed by atoms with Crippen molar-refractivity contribution < 1.29 is 14.4 Å². The predicted molar refractivity (Wildman–Crippen MR) is 254 cm³/mol. The lowest BCUT2D eigenvalue weighted by molar-refractivity contribution is -0.129.